The van der Waals surface area contributed by atoms with E-state index in [4.69, 9.17) is 10.1 Å². The van der Waals surface area contributed by atoms with Crippen molar-refractivity contribution in [2.75, 3.05) is 43.0 Å². The Labute approximate surface area is 200 Å². The number of piperazine rings is 1. The van der Waals surface area contributed by atoms with Gasteiger partial charge in [0.2, 0.25) is 0 Å². The minimum Gasteiger partial charge on any atom is -0.487 e. The lowest BCUT2D eigenvalue weighted by Gasteiger charge is -2.44. The zero-order chi connectivity index (χ0) is 24.5. The predicted molar refractivity (Wildman–Crippen MR) is 135 cm³/mol. The van der Waals surface area contributed by atoms with Gasteiger partial charge in [0, 0.05) is 68.4 Å². The fraction of sp³-hybridized carbons (Fsp3) is 0.480. The van der Waals surface area contributed by atoms with Crippen molar-refractivity contribution in [2.24, 2.45) is 4.99 Å². The second-order valence-electron chi connectivity index (χ2n) is 10.1. The van der Waals surface area contributed by atoms with Crippen LogP contribution >= 0.6 is 0 Å². The lowest BCUT2D eigenvalue weighted by Crippen LogP contribution is -2.56. The molecule has 9 heteroatoms. The third-order valence-electron chi connectivity index (χ3n) is 6.54. The summed E-state index contributed by atoms with van der Waals surface area (Å²) in [6, 6.07) is 4.01. The van der Waals surface area contributed by atoms with Crippen molar-refractivity contribution in [3.05, 3.63) is 41.4 Å². The predicted octanol–water partition coefficient (Wildman–Crippen LogP) is 2.28. The summed E-state index contributed by atoms with van der Waals surface area (Å²) in [4.78, 5) is 21.9. The van der Waals surface area contributed by atoms with Crippen LogP contribution in [0.3, 0.4) is 0 Å². The molecule has 1 fully saturated rings. The van der Waals surface area contributed by atoms with Crippen LogP contribution in [-0.2, 0) is 11.2 Å². The molecule has 1 amide bonds. The first-order chi connectivity index (χ1) is 16.1. The summed E-state index contributed by atoms with van der Waals surface area (Å²) < 4.78 is 6.18. The summed E-state index contributed by atoms with van der Waals surface area (Å²) in [5, 5.41) is 23.5. The van der Waals surface area contributed by atoms with Crippen LogP contribution in [0.5, 0.6) is 5.75 Å². The van der Waals surface area contributed by atoms with Crippen molar-refractivity contribution >= 4 is 29.7 Å². The summed E-state index contributed by atoms with van der Waals surface area (Å²) in [6.45, 7) is 11.4. The highest BCUT2D eigenvalue weighted by atomic mass is 16.5. The van der Waals surface area contributed by atoms with Gasteiger partial charge in [0.25, 0.3) is 5.91 Å². The zero-order valence-electron chi connectivity index (χ0n) is 20.3. The lowest BCUT2D eigenvalue weighted by atomic mass is 10.00. The highest BCUT2D eigenvalue weighted by molar-refractivity contribution is 6.18. The van der Waals surface area contributed by atoms with Crippen molar-refractivity contribution in [3.63, 3.8) is 0 Å². The smallest absolute Gasteiger partial charge is 0.261 e. The number of nitrogens with one attached hydrogen (secondary N) is 3. The van der Waals surface area contributed by atoms with Gasteiger partial charge in [-0.25, -0.2) is 4.99 Å². The van der Waals surface area contributed by atoms with Crippen LogP contribution in [0.25, 0.3) is 0 Å². The van der Waals surface area contributed by atoms with E-state index in [1.54, 1.807) is 18.5 Å². The van der Waals surface area contributed by atoms with Crippen molar-refractivity contribution in [1.82, 2.24) is 10.2 Å². The third kappa shape index (κ3) is 4.85. The standard InChI is InChI=1S/C25H34N6O3/c1-24(2,16-32)31-10-8-30(9-11-31)20-13-21-17(14-25(3,4)34-21)12-19(20)29-23(33)18(15-26)22-27-6-5-7-28-22/h5-7,12-13,15,26-27,32H,8-11,14,16H2,1-4H3,(H,29,33)/b22-18-,26-15?. The van der Waals surface area contributed by atoms with E-state index in [9.17, 15) is 9.90 Å². The van der Waals surface area contributed by atoms with Gasteiger partial charge < -0.3 is 30.8 Å². The number of hydrogen-bond acceptors (Lipinski definition) is 8. The maximum Gasteiger partial charge on any atom is 0.261 e. The van der Waals surface area contributed by atoms with E-state index in [1.807, 2.05) is 26.0 Å². The molecular formula is C25H34N6O3. The molecule has 0 radical (unpaired) electrons. The number of fused-ring (bicyclic) bond motifs is 1. The maximum atomic E-state index is 13.2. The molecule has 0 spiro atoms. The zero-order valence-corrected chi connectivity index (χ0v) is 20.3. The summed E-state index contributed by atoms with van der Waals surface area (Å²) in [5.74, 6) is 0.775. The molecule has 0 atom stereocenters. The van der Waals surface area contributed by atoms with Crippen LogP contribution in [0.15, 0.2) is 40.8 Å². The number of aliphatic hydroxyl groups excluding tert-OH is 1. The minimum atomic E-state index is -0.399. The molecule has 3 heterocycles. The van der Waals surface area contributed by atoms with Gasteiger partial charge in [0.1, 0.15) is 17.2 Å². The Morgan fingerprint density at radius 1 is 1.32 bits per heavy atom. The monoisotopic (exact) mass is 466 g/mol. The van der Waals surface area contributed by atoms with Crippen LogP contribution in [0.4, 0.5) is 11.4 Å². The van der Waals surface area contributed by atoms with Gasteiger partial charge in [-0.3, -0.25) is 9.69 Å². The molecule has 4 N–H and O–H groups in total. The molecule has 1 aromatic carbocycles. The number of hydrogen-bond donors (Lipinski definition) is 4. The number of aliphatic imine (C=N–C) groups is 1. The van der Waals surface area contributed by atoms with E-state index in [2.05, 4.69) is 39.3 Å². The molecule has 182 valence electrons. The molecule has 0 bridgehead atoms. The van der Waals surface area contributed by atoms with Crippen LogP contribution in [0.1, 0.15) is 33.3 Å². The summed E-state index contributed by atoms with van der Waals surface area (Å²) in [7, 11) is 0. The molecule has 0 aliphatic carbocycles. The van der Waals surface area contributed by atoms with E-state index < -0.39 is 5.91 Å². The molecule has 0 saturated carbocycles. The SMILES string of the molecule is CC1(C)Cc2cc(NC(=O)/C(C=N)=C3\N=CC=CN3)c(N3CCN(C(C)(C)CO)CC3)cc2O1. The van der Waals surface area contributed by atoms with Crippen LogP contribution in [0.2, 0.25) is 0 Å². The number of benzene rings is 1. The molecule has 3 aliphatic rings. The summed E-state index contributed by atoms with van der Waals surface area (Å²) in [6.07, 6.45) is 6.74. The van der Waals surface area contributed by atoms with Gasteiger partial charge in [-0.15, -0.1) is 0 Å². The Kier molecular flexibility index (Phi) is 6.51. The van der Waals surface area contributed by atoms with E-state index in [1.165, 1.54) is 0 Å². The third-order valence-corrected chi connectivity index (χ3v) is 6.54. The quantitative estimate of drug-likeness (QED) is 0.378. The van der Waals surface area contributed by atoms with Crippen LogP contribution < -0.4 is 20.3 Å². The first kappa shape index (κ1) is 24.0. The Morgan fingerprint density at radius 3 is 2.68 bits per heavy atom. The molecule has 34 heavy (non-hydrogen) atoms. The lowest BCUT2D eigenvalue weighted by molar-refractivity contribution is -0.112. The Bertz CT molecular complexity index is 1060. The highest BCUT2D eigenvalue weighted by Crippen LogP contribution is 2.42. The number of nitrogens with zero attached hydrogens (tertiary/aromatic N) is 3. The average Bonchev–Trinajstić information content (AvgIpc) is 3.12. The van der Waals surface area contributed by atoms with Crippen molar-refractivity contribution < 1.29 is 14.6 Å². The number of allylic oxidation sites excluding steroid dienone is 1. The Hall–Kier alpha value is -3.17. The van der Waals surface area contributed by atoms with Gasteiger partial charge in [0.05, 0.1) is 23.6 Å². The molecule has 0 aromatic heterocycles. The van der Waals surface area contributed by atoms with Gasteiger partial charge >= 0.3 is 0 Å². The van der Waals surface area contributed by atoms with E-state index >= 15 is 0 Å². The number of amides is 1. The molecule has 3 aliphatic heterocycles. The van der Waals surface area contributed by atoms with Gasteiger partial charge in [0.15, 0.2) is 0 Å². The summed E-state index contributed by atoms with van der Waals surface area (Å²) in [5.41, 5.74) is 2.20. The van der Waals surface area contributed by atoms with Gasteiger partial charge in [-0.1, -0.05) is 0 Å². The van der Waals surface area contributed by atoms with Crippen molar-refractivity contribution in [1.29, 1.82) is 5.41 Å². The van der Waals surface area contributed by atoms with Gasteiger partial charge in [-0.05, 0) is 39.8 Å². The number of ether oxygens (including phenoxy) is 1. The van der Waals surface area contributed by atoms with Gasteiger partial charge in [-0.2, -0.15) is 0 Å². The number of aliphatic hydroxyl groups is 1. The van der Waals surface area contributed by atoms with Crippen molar-refractivity contribution in [2.45, 2.75) is 45.3 Å². The molecule has 9 nitrogen and oxygen atoms in total. The number of carbonyl (C=O) groups is 1. The molecule has 4 rings (SSSR count). The highest BCUT2D eigenvalue weighted by Gasteiger charge is 2.34. The van der Waals surface area contributed by atoms with E-state index in [0.29, 0.717) is 11.5 Å². The summed E-state index contributed by atoms with van der Waals surface area (Å²) >= 11 is 0. The number of carbonyl (C=O) groups excluding carboxylic acids is 1. The average molecular weight is 467 g/mol. The molecular weight excluding hydrogens is 432 g/mol. The second-order valence-corrected chi connectivity index (χ2v) is 10.1. The van der Waals surface area contributed by atoms with E-state index in [0.717, 1.165) is 55.8 Å². The van der Waals surface area contributed by atoms with Crippen LogP contribution in [0, 0.1) is 5.41 Å². The minimum absolute atomic E-state index is 0.100. The topological polar surface area (TPSA) is 113 Å². The number of anilines is 2. The first-order valence-corrected chi connectivity index (χ1v) is 11.6. The van der Waals surface area contributed by atoms with E-state index in [-0.39, 0.29) is 23.3 Å². The van der Waals surface area contributed by atoms with Crippen molar-refractivity contribution in [3.8, 4) is 5.75 Å². The van der Waals surface area contributed by atoms with Crippen LogP contribution in [-0.4, -0.2) is 72.3 Å². The first-order valence-electron chi connectivity index (χ1n) is 11.6. The maximum absolute atomic E-state index is 13.2. The molecule has 0 unspecified atom stereocenters. The molecule has 1 saturated heterocycles. The Balaban J connectivity index is 1.63. The number of rotatable bonds is 6. The molecule has 1 aromatic rings. The largest absolute Gasteiger partial charge is 0.487 e. The fourth-order valence-electron chi connectivity index (χ4n) is 4.56. The second kappa shape index (κ2) is 9.23. The normalized spacial score (nSPS) is 20.9. The fourth-order valence-corrected chi connectivity index (χ4v) is 4.56. The Morgan fingerprint density at radius 2 is 2.06 bits per heavy atom.